The molecule has 0 aliphatic heterocycles. The summed E-state index contributed by atoms with van der Waals surface area (Å²) in [4.78, 5) is 15.6. The molecule has 0 N–H and O–H groups in total. The first-order chi connectivity index (χ1) is 6.18. The first-order valence-electron chi connectivity index (χ1n) is 3.95. The maximum atomic E-state index is 11.1. The Morgan fingerprint density at radius 1 is 1.62 bits per heavy atom. The zero-order valence-electron chi connectivity index (χ0n) is 7.31. The van der Waals surface area contributed by atoms with Gasteiger partial charge in [-0.25, -0.2) is 4.52 Å². The third-order valence-electron chi connectivity index (χ3n) is 1.77. The van der Waals surface area contributed by atoms with Crippen LogP contribution >= 0.6 is 11.3 Å². The molecule has 0 unspecified atom stereocenters. The van der Waals surface area contributed by atoms with Gasteiger partial charge in [0.05, 0.1) is 5.69 Å². The molecule has 0 aliphatic rings. The number of fused-ring (bicyclic) bond motifs is 1. The van der Waals surface area contributed by atoms with Gasteiger partial charge in [0.25, 0.3) is 5.56 Å². The van der Waals surface area contributed by atoms with Gasteiger partial charge in [0.15, 0.2) is 5.51 Å². The van der Waals surface area contributed by atoms with Crippen molar-refractivity contribution < 1.29 is 0 Å². The van der Waals surface area contributed by atoms with Gasteiger partial charge in [-0.3, -0.25) is 4.79 Å². The predicted molar refractivity (Wildman–Crippen MR) is 50.1 cm³/mol. The van der Waals surface area contributed by atoms with Gasteiger partial charge in [0.1, 0.15) is 0 Å². The summed E-state index contributed by atoms with van der Waals surface area (Å²) in [5.74, 6) is 0.263. The SMILES string of the molecule is CC(C)c1cc(=O)nc2s[c]nn12. The molecule has 5 heteroatoms. The average Bonchev–Trinajstić information content (AvgIpc) is 2.49. The lowest BCUT2D eigenvalue weighted by atomic mass is 10.1. The summed E-state index contributed by atoms with van der Waals surface area (Å²) in [6, 6.07) is 1.52. The molecule has 0 saturated carbocycles. The normalized spacial score (nSPS) is 11.3. The highest BCUT2D eigenvalue weighted by molar-refractivity contribution is 7.14. The van der Waals surface area contributed by atoms with Crippen LogP contribution in [0.1, 0.15) is 25.5 Å². The van der Waals surface area contributed by atoms with Gasteiger partial charge in [-0.15, -0.1) is 0 Å². The molecule has 0 fully saturated rings. The monoisotopic (exact) mass is 194 g/mol. The van der Waals surface area contributed by atoms with Gasteiger partial charge in [-0.2, -0.15) is 10.1 Å². The van der Waals surface area contributed by atoms with E-state index in [0.717, 1.165) is 5.69 Å². The van der Waals surface area contributed by atoms with E-state index in [9.17, 15) is 4.79 Å². The minimum atomic E-state index is -0.207. The van der Waals surface area contributed by atoms with E-state index in [-0.39, 0.29) is 11.5 Å². The second-order valence-electron chi connectivity index (χ2n) is 3.06. The number of nitrogens with zero attached hydrogens (tertiary/aromatic N) is 3. The van der Waals surface area contributed by atoms with Gasteiger partial charge in [-0.1, -0.05) is 25.2 Å². The minimum absolute atomic E-state index is 0.207. The summed E-state index contributed by atoms with van der Waals surface area (Å²) < 4.78 is 1.66. The first-order valence-corrected chi connectivity index (χ1v) is 4.77. The van der Waals surface area contributed by atoms with Crippen molar-refractivity contribution in [1.82, 2.24) is 14.6 Å². The summed E-state index contributed by atoms with van der Waals surface area (Å²) in [6.07, 6.45) is 0. The maximum Gasteiger partial charge on any atom is 0.274 e. The largest absolute Gasteiger partial charge is 0.274 e. The number of rotatable bonds is 1. The standard InChI is InChI=1S/C8H8N3OS/c1-5(2)6-3-7(12)10-8-11(6)9-4-13-8/h3,5H,1-2H3. The smallest absolute Gasteiger partial charge is 0.267 e. The Labute approximate surface area is 78.9 Å². The molecule has 4 nitrogen and oxygen atoms in total. The van der Waals surface area contributed by atoms with Crippen LogP contribution in [-0.2, 0) is 0 Å². The summed E-state index contributed by atoms with van der Waals surface area (Å²) >= 11 is 1.25. The summed E-state index contributed by atoms with van der Waals surface area (Å²) in [5.41, 5.74) is 3.39. The Morgan fingerprint density at radius 3 is 3.08 bits per heavy atom. The molecule has 0 aromatic carbocycles. The van der Waals surface area contributed by atoms with Crippen LogP contribution in [0.2, 0.25) is 0 Å². The zero-order chi connectivity index (χ0) is 9.42. The third-order valence-corrected chi connectivity index (χ3v) is 2.39. The fourth-order valence-corrected chi connectivity index (χ4v) is 1.72. The second kappa shape index (κ2) is 2.92. The van der Waals surface area contributed by atoms with E-state index in [2.05, 4.69) is 15.6 Å². The molecular formula is C8H8N3OS. The Morgan fingerprint density at radius 2 is 2.38 bits per heavy atom. The van der Waals surface area contributed by atoms with Crippen LogP contribution in [0.4, 0.5) is 0 Å². The van der Waals surface area contributed by atoms with Crippen LogP contribution < -0.4 is 5.56 Å². The highest BCUT2D eigenvalue weighted by Crippen LogP contribution is 2.13. The van der Waals surface area contributed by atoms with Crippen molar-refractivity contribution in [2.24, 2.45) is 0 Å². The van der Waals surface area contributed by atoms with E-state index in [1.165, 1.54) is 17.4 Å². The van der Waals surface area contributed by atoms with E-state index in [0.29, 0.717) is 4.96 Å². The molecule has 2 aromatic rings. The molecule has 13 heavy (non-hydrogen) atoms. The van der Waals surface area contributed by atoms with Crippen molar-refractivity contribution in [2.45, 2.75) is 19.8 Å². The first kappa shape index (κ1) is 8.37. The molecule has 0 saturated heterocycles. The van der Waals surface area contributed by atoms with Crippen molar-refractivity contribution in [2.75, 3.05) is 0 Å². The Kier molecular flexibility index (Phi) is 1.88. The predicted octanol–water partition coefficient (Wildman–Crippen LogP) is 1.07. The molecule has 2 aromatic heterocycles. The van der Waals surface area contributed by atoms with Gasteiger partial charge in [0, 0.05) is 6.07 Å². The lowest BCUT2D eigenvalue weighted by Gasteiger charge is -2.04. The lowest BCUT2D eigenvalue weighted by Crippen LogP contribution is -2.12. The van der Waals surface area contributed by atoms with E-state index in [4.69, 9.17) is 0 Å². The fourth-order valence-electron chi connectivity index (χ4n) is 1.15. The van der Waals surface area contributed by atoms with E-state index in [1.54, 1.807) is 4.52 Å². The summed E-state index contributed by atoms with van der Waals surface area (Å²) in [6.45, 7) is 4.03. The maximum absolute atomic E-state index is 11.1. The zero-order valence-corrected chi connectivity index (χ0v) is 8.13. The van der Waals surface area contributed by atoms with Crippen LogP contribution in [-0.4, -0.2) is 14.6 Å². The van der Waals surface area contributed by atoms with Crippen LogP contribution in [0, 0.1) is 5.51 Å². The van der Waals surface area contributed by atoms with Gasteiger partial charge < -0.3 is 0 Å². The third kappa shape index (κ3) is 1.35. The lowest BCUT2D eigenvalue weighted by molar-refractivity contribution is 0.745. The van der Waals surface area contributed by atoms with Crippen molar-refractivity contribution in [3.8, 4) is 0 Å². The van der Waals surface area contributed by atoms with Gasteiger partial charge in [0.2, 0.25) is 4.96 Å². The van der Waals surface area contributed by atoms with Crippen LogP contribution in [0.15, 0.2) is 10.9 Å². The highest BCUT2D eigenvalue weighted by Gasteiger charge is 2.08. The van der Waals surface area contributed by atoms with E-state index in [1.807, 2.05) is 13.8 Å². The van der Waals surface area contributed by atoms with Gasteiger partial charge in [-0.05, 0) is 5.92 Å². The second-order valence-corrected chi connectivity index (χ2v) is 3.81. The van der Waals surface area contributed by atoms with E-state index < -0.39 is 0 Å². The Bertz CT molecular complexity index is 485. The molecule has 0 aliphatic carbocycles. The van der Waals surface area contributed by atoms with Crippen molar-refractivity contribution in [3.63, 3.8) is 0 Å². The van der Waals surface area contributed by atoms with E-state index >= 15 is 0 Å². The van der Waals surface area contributed by atoms with Crippen molar-refractivity contribution in [3.05, 3.63) is 27.6 Å². The minimum Gasteiger partial charge on any atom is -0.267 e. The quantitative estimate of drug-likeness (QED) is 0.682. The molecule has 2 rings (SSSR count). The van der Waals surface area contributed by atoms with Crippen LogP contribution in [0.3, 0.4) is 0 Å². The van der Waals surface area contributed by atoms with Crippen LogP contribution in [0.25, 0.3) is 4.96 Å². The number of hydrogen-bond donors (Lipinski definition) is 0. The average molecular weight is 194 g/mol. The highest BCUT2D eigenvalue weighted by atomic mass is 32.1. The Balaban J connectivity index is 2.85. The molecule has 67 valence electrons. The van der Waals surface area contributed by atoms with Crippen LogP contribution in [0.5, 0.6) is 0 Å². The number of aromatic nitrogens is 3. The summed E-state index contributed by atoms with van der Waals surface area (Å²) in [5, 5.41) is 3.99. The topological polar surface area (TPSA) is 47.3 Å². The molecule has 0 amide bonds. The molecule has 0 bridgehead atoms. The molecule has 2 heterocycles. The molecule has 1 radical (unpaired) electrons. The summed E-state index contributed by atoms with van der Waals surface area (Å²) in [7, 11) is 0. The molecule has 0 spiro atoms. The Hall–Kier alpha value is -1.23. The fraction of sp³-hybridized carbons (Fsp3) is 0.375. The molecule has 0 atom stereocenters. The molecular weight excluding hydrogens is 186 g/mol. The van der Waals surface area contributed by atoms with Crippen molar-refractivity contribution >= 4 is 16.3 Å². The number of hydrogen-bond acceptors (Lipinski definition) is 4. The van der Waals surface area contributed by atoms with Crippen molar-refractivity contribution in [1.29, 1.82) is 0 Å². The van der Waals surface area contributed by atoms with Gasteiger partial charge >= 0.3 is 0 Å².